The number of aliphatic hydroxyl groups excluding tert-OH is 1. The number of methoxy groups -OCH3 is 1. The maximum Gasteiger partial charge on any atom is 0.229 e. The highest BCUT2D eigenvalue weighted by Crippen LogP contribution is 2.31. The minimum atomic E-state index is -0.172. The van der Waals surface area contributed by atoms with Crippen molar-refractivity contribution in [3.05, 3.63) is 35.6 Å². The van der Waals surface area contributed by atoms with Crippen molar-refractivity contribution in [2.75, 3.05) is 7.11 Å². The first-order chi connectivity index (χ1) is 10.2. The summed E-state index contributed by atoms with van der Waals surface area (Å²) in [5.74, 6) is 2.23. The summed E-state index contributed by atoms with van der Waals surface area (Å²) in [6.07, 6.45) is 5.62. The zero-order valence-corrected chi connectivity index (χ0v) is 12.0. The predicted molar refractivity (Wildman–Crippen MR) is 75.1 cm³/mol. The number of pyridine rings is 1. The minimum absolute atomic E-state index is 0.172. The Morgan fingerprint density at radius 3 is 2.76 bits per heavy atom. The highest BCUT2D eigenvalue weighted by Gasteiger charge is 2.25. The number of hydrogen-bond donors (Lipinski definition) is 1. The van der Waals surface area contributed by atoms with Crippen molar-refractivity contribution < 1.29 is 14.4 Å². The normalized spacial score (nSPS) is 22.2. The van der Waals surface area contributed by atoms with Crippen molar-refractivity contribution in [3.8, 4) is 5.88 Å². The Hall–Kier alpha value is -1.95. The maximum atomic E-state index is 9.53. The Labute approximate surface area is 123 Å². The summed E-state index contributed by atoms with van der Waals surface area (Å²) in [4.78, 5) is 8.64. The molecular formula is C15H19N3O3. The van der Waals surface area contributed by atoms with Crippen LogP contribution in [0.25, 0.3) is 0 Å². The van der Waals surface area contributed by atoms with Crippen molar-refractivity contribution in [2.24, 2.45) is 0 Å². The summed E-state index contributed by atoms with van der Waals surface area (Å²) in [5, 5.41) is 13.6. The Balaban J connectivity index is 1.64. The molecule has 0 spiro atoms. The first-order valence-corrected chi connectivity index (χ1v) is 7.24. The number of rotatable bonds is 4. The molecule has 2 aromatic rings. The second-order valence-corrected chi connectivity index (χ2v) is 5.44. The van der Waals surface area contributed by atoms with Gasteiger partial charge in [0.05, 0.1) is 13.2 Å². The Bertz CT molecular complexity index is 574. The molecule has 21 heavy (non-hydrogen) atoms. The number of aromatic nitrogens is 3. The molecule has 112 valence electrons. The van der Waals surface area contributed by atoms with Crippen molar-refractivity contribution >= 4 is 0 Å². The zero-order valence-electron chi connectivity index (χ0n) is 12.0. The van der Waals surface area contributed by atoms with E-state index >= 15 is 0 Å². The SMILES string of the molecule is COc1ccc(Cc2noc(C3CCC(O)CC3)n2)cn1. The maximum absolute atomic E-state index is 9.53. The molecule has 0 amide bonds. The molecule has 0 saturated heterocycles. The highest BCUT2D eigenvalue weighted by molar-refractivity contribution is 5.20. The summed E-state index contributed by atoms with van der Waals surface area (Å²) in [6, 6.07) is 3.76. The fourth-order valence-corrected chi connectivity index (χ4v) is 2.65. The lowest BCUT2D eigenvalue weighted by Crippen LogP contribution is -2.17. The summed E-state index contributed by atoms with van der Waals surface area (Å²) < 4.78 is 10.4. The topological polar surface area (TPSA) is 81.3 Å². The molecular weight excluding hydrogens is 270 g/mol. The number of aliphatic hydroxyl groups is 1. The van der Waals surface area contributed by atoms with Gasteiger partial charge in [-0.05, 0) is 31.2 Å². The van der Waals surface area contributed by atoms with Gasteiger partial charge in [-0.15, -0.1) is 0 Å². The molecule has 2 aromatic heterocycles. The van der Waals surface area contributed by atoms with Gasteiger partial charge in [0.1, 0.15) is 0 Å². The van der Waals surface area contributed by atoms with Gasteiger partial charge in [0.25, 0.3) is 0 Å². The molecule has 0 aromatic carbocycles. The number of ether oxygens (including phenoxy) is 1. The summed E-state index contributed by atoms with van der Waals surface area (Å²) in [7, 11) is 1.59. The lowest BCUT2D eigenvalue weighted by Gasteiger charge is -2.22. The van der Waals surface area contributed by atoms with Gasteiger partial charge in [0.2, 0.25) is 11.8 Å². The number of hydrogen-bond acceptors (Lipinski definition) is 6. The Kier molecular flexibility index (Phi) is 4.15. The zero-order chi connectivity index (χ0) is 14.7. The lowest BCUT2D eigenvalue weighted by molar-refractivity contribution is 0.116. The van der Waals surface area contributed by atoms with Gasteiger partial charge in [-0.25, -0.2) is 4.98 Å². The molecule has 1 aliphatic rings. The lowest BCUT2D eigenvalue weighted by atomic mass is 9.87. The average Bonchev–Trinajstić information content (AvgIpc) is 2.97. The molecule has 0 unspecified atom stereocenters. The third-order valence-corrected chi connectivity index (χ3v) is 3.90. The van der Waals surface area contributed by atoms with Crippen LogP contribution in [0.4, 0.5) is 0 Å². The van der Waals surface area contributed by atoms with Crippen LogP contribution in [0, 0.1) is 0 Å². The summed E-state index contributed by atoms with van der Waals surface area (Å²) in [5.41, 5.74) is 1.02. The molecule has 1 aliphatic carbocycles. The van der Waals surface area contributed by atoms with E-state index in [-0.39, 0.29) is 12.0 Å². The predicted octanol–water partition coefficient (Wildman–Crippen LogP) is 2.08. The first-order valence-electron chi connectivity index (χ1n) is 7.24. The third kappa shape index (κ3) is 3.39. The fourth-order valence-electron chi connectivity index (χ4n) is 2.65. The van der Waals surface area contributed by atoms with Crippen LogP contribution in [0.5, 0.6) is 5.88 Å². The van der Waals surface area contributed by atoms with E-state index in [2.05, 4.69) is 15.1 Å². The molecule has 3 rings (SSSR count). The van der Waals surface area contributed by atoms with Gasteiger partial charge in [0, 0.05) is 24.6 Å². The molecule has 6 heteroatoms. The van der Waals surface area contributed by atoms with Crippen LogP contribution in [-0.2, 0) is 6.42 Å². The van der Waals surface area contributed by atoms with E-state index in [1.54, 1.807) is 13.3 Å². The molecule has 0 atom stereocenters. The van der Waals surface area contributed by atoms with Crippen molar-refractivity contribution in [2.45, 2.75) is 44.1 Å². The van der Waals surface area contributed by atoms with E-state index in [0.29, 0.717) is 24.0 Å². The van der Waals surface area contributed by atoms with Crippen molar-refractivity contribution in [1.82, 2.24) is 15.1 Å². The highest BCUT2D eigenvalue weighted by atomic mass is 16.5. The monoisotopic (exact) mass is 289 g/mol. The quantitative estimate of drug-likeness (QED) is 0.928. The van der Waals surface area contributed by atoms with Gasteiger partial charge in [-0.1, -0.05) is 11.2 Å². The first kappa shape index (κ1) is 14.0. The van der Waals surface area contributed by atoms with E-state index in [1.807, 2.05) is 12.1 Å². The summed E-state index contributed by atoms with van der Waals surface area (Å²) in [6.45, 7) is 0. The van der Waals surface area contributed by atoms with Gasteiger partial charge in [-0.2, -0.15) is 4.98 Å². The Morgan fingerprint density at radius 1 is 1.29 bits per heavy atom. The van der Waals surface area contributed by atoms with E-state index in [4.69, 9.17) is 9.26 Å². The second kappa shape index (κ2) is 6.22. The third-order valence-electron chi connectivity index (χ3n) is 3.90. The van der Waals surface area contributed by atoms with Crippen LogP contribution >= 0.6 is 0 Å². The standard InChI is InChI=1S/C15H19N3O3/c1-20-14-7-2-10(9-16-14)8-13-17-15(21-18-13)11-3-5-12(19)6-4-11/h2,7,9,11-12,19H,3-6,8H2,1H3. The van der Waals surface area contributed by atoms with Crippen molar-refractivity contribution in [1.29, 1.82) is 0 Å². The van der Waals surface area contributed by atoms with Gasteiger partial charge in [-0.3, -0.25) is 0 Å². The molecule has 0 bridgehead atoms. The van der Waals surface area contributed by atoms with E-state index in [1.165, 1.54) is 0 Å². The molecule has 0 radical (unpaired) electrons. The Morgan fingerprint density at radius 2 is 2.10 bits per heavy atom. The van der Waals surface area contributed by atoms with Crippen molar-refractivity contribution in [3.63, 3.8) is 0 Å². The minimum Gasteiger partial charge on any atom is -0.481 e. The fraction of sp³-hybridized carbons (Fsp3) is 0.533. The molecule has 6 nitrogen and oxygen atoms in total. The van der Waals surface area contributed by atoms with Crippen LogP contribution < -0.4 is 4.74 Å². The number of nitrogens with zero attached hydrogens (tertiary/aromatic N) is 3. The van der Waals surface area contributed by atoms with E-state index in [0.717, 1.165) is 31.2 Å². The molecule has 1 saturated carbocycles. The van der Waals surface area contributed by atoms with Crippen LogP contribution in [0.15, 0.2) is 22.9 Å². The van der Waals surface area contributed by atoms with E-state index < -0.39 is 0 Å². The average molecular weight is 289 g/mol. The van der Waals surface area contributed by atoms with Crippen LogP contribution in [-0.4, -0.2) is 33.4 Å². The van der Waals surface area contributed by atoms with Gasteiger partial charge < -0.3 is 14.4 Å². The molecule has 0 aliphatic heterocycles. The molecule has 1 N–H and O–H groups in total. The second-order valence-electron chi connectivity index (χ2n) is 5.44. The van der Waals surface area contributed by atoms with Crippen LogP contribution in [0.2, 0.25) is 0 Å². The van der Waals surface area contributed by atoms with Crippen LogP contribution in [0.1, 0.15) is 48.9 Å². The largest absolute Gasteiger partial charge is 0.481 e. The van der Waals surface area contributed by atoms with Gasteiger partial charge in [0.15, 0.2) is 5.82 Å². The van der Waals surface area contributed by atoms with Gasteiger partial charge >= 0.3 is 0 Å². The van der Waals surface area contributed by atoms with E-state index in [9.17, 15) is 5.11 Å². The molecule has 1 fully saturated rings. The van der Waals surface area contributed by atoms with Crippen LogP contribution in [0.3, 0.4) is 0 Å². The smallest absolute Gasteiger partial charge is 0.229 e. The molecule has 2 heterocycles. The summed E-state index contributed by atoms with van der Waals surface area (Å²) >= 11 is 0.